The first-order valence-corrected chi connectivity index (χ1v) is 13.3. The maximum absolute atomic E-state index is 13.7. The van der Waals surface area contributed by atoms with Gasteiger partial charge in [0.15, 0.2) is 0 Å². The second-order valence-electron chi connectivity index (χ2n) is 10.8. The quantitative estimate of drug-likeness (QED) is 0.379. The fraction of sp³-hybridized carbons (Fsp3) is 0.467. The van der Waals surface area contributed by atoms with Crippen molar-refractivity contribution < 1.29 is 14.7 Å². The summed E-state index contributed by atoms with van der Waals surface area (Å²) in [4.78, 5) is 34.4. The highest BCUT2D eigenvalue weighted by atomic mass is 16.3. The number of nitrogens with zero attached hydrogens (tertiary/aromatic N) is 2. The first-order chi connectivity index (χ1) is 17.8. The molecule has 0 radical (unpaired) electrons. The molecule has 0 saturated heterocycles. The largest absolute Gasteiger partial charge is 0.391 e. The van der Waals surface area contributed by atoms with E-state index in [-0.39, 0.29) is 30.4 Å². The van der Waals surface area contributed by atoms with E-state index in [1.165, 1.54) is 6.20 Å². The van der Waals surface area contributed by atoms with Gasteiger partial charge in [-0.25, -0.2) is 4.98 Å². The molecule has 0 aliphatic heterocycles. The minimum absolute atomic E-state index is 0.0305. The molecule has 7 nitrogen and oxygen atoms in total. The van der Waals surface area contributed by atoms with Gasteiger partial charge in [0.25, 0.3) is 5.91 Å². The van der Waals surface area contributed by atoms with Crippen LogP contribution in [0.3, 0.4) is 0 Å². The van der Waals surface area contributed by atoms with E-state index in [2.05, 4.69) is 29.1 Å². The maximum Gasteiger partial charge on any atom is 0.272 e. The number of rotatable bonds is 10. The Labute approximate surface area is 218 Å². The van der Waals surface area contributed by atoms with Gasteiger partial charge in [0.05, 0.1) is 28.9 Å². The molecule has 0 bridgehead atoms. The number of aromatic nitrogens is 2. The van der Waals surface area contributed by atoms with Gasteiger partial charge in [-0.1, -0.05) is 56.3 Å². The third-order valence-electron chi connectivity index (χ3n) is 8.07. The van der Waals surface area contributed by atoms with E-state index < -0.39 is 17.6 Å². The molecule has 4 N–H and O–H groups in total. The summed E-state index contributed by atoms with van der Waals surface area (Å²) in [6, 6.07) is 17.3. The van der Waals surface area contributed by atoms with Crippen LogP contribution in [0.15, 0.2) is 60.8 Å². The van der Waals surface area contributed by atoms with Gasteiger partial charge in [0.1, 0.15) is 5.69 Å². The smallest absolute Gasteiger partial charge is 0.272 e. The number of fused-ring (bicyclic) bond motifs is 1. The van der Waals surface area contributed by atoms with Crippen molar-refractivity contribution in [3.05, 3.63) is 72.1 Å². The van der Waals surface area contributed by atoms with Crippen LogP contribution in [0.4, 0.5) is 0 Å². The van der Waals surface area contributed by atoms with E-state index in [4.69, 9.17) is 5.73 Å². The molecular formula is C30H38N4O3. The molecule has 0 unspecified atom stereocenters. The van der Waals surface area contributed by atoms with Crippen LogP contribution in [0.5, 0.6) is 0 Å². The number of nitrogens with one attached hydrogen (secondary N) is 1. The number of aliphatic hydroxyl groups excluding tert-OH is 1. The van der Waals surface area contributed by atoms with Gasteiger partial charge >= 0.3 is 0 Å². The molecule has 7 heteroatoms. The van der Waals surface area contributed by atoms with Crippen molar-refractivity contribution in [2.75, 3.05) is 0 Å². The molecule has 2 aromatic carbocycles. The van der Waals surface area contributed by atoms with Crippen molar-refractivity contribution in [3.8, 4) is 0 Å². The average Bonchev–Trinajstić information content (AvgIpc) is 2.91. The van der Waals surface area contributed by atoms with Crippen LogP contribution in [0.1, 0.15) is 68.4 Å². The Morgan fingerprint density at radius 2 is 1.68 bits per heavy atom. The Balaban J connectivity index is 1.72. The third-order valence-corrected chi connectivity index (χ3v) is 8.07. The monoisotopic (exact) mass is 502 g/mol. The van der Waals surface area contributed by atoms with Crippen LogP contribution in [-0.4, -0.2) is 38.5 Å². The molecule has 1 aliphatic rings. The lowest BCUT2D eigenvalue weighted by molar-refractivity contribution is -0.119. The standard InChI is InChI=1S/C30H38N4O3/c1-20(2)22-12-14-23(15-13-22)30(27(35)16-17-28(31)36,18-21-8-4-3-5-9-21)34-29(37)26-19-32-24-10-6-7-11-25(24)33-26/h3-11,19-20,22-23,27,35H,12-18H2,1-2H3,(H2,31,36)(H,34,37)/t22?,23?,27-,30-/m0/s1. The molecule has 196 valence electrons. The third kappa shape index (κ3) is 6.34. The predicted molar refractivity (Wildman–Crippen MR) is 145 cm³/mol. The molecule has 1 saturated carbocycles. The molecule has 2 amide bonds. The van der Waals surface area contributed by atoms with Gasteiger partial charge in [-0.15, -0.1) is 0 Å². The van der Waals surface area contributed by atoms with Gasteiger partial charge in [-0.05, 0) is 74.0 Å². The number of nitrogens with two attached hydrogens (primary N) is 1. The highest BCUT2D eigenvalue weighted by Gasteiger charge is 2.47. The lowest BCUT2D eigenvalue weighted by atomic mass is 9.65. The van der Waals surface area contributed by atoms with Crippen molar-refractivity contribution in [3.63, 3.8) is 0 Å². The Kier molecular flexibility index (Phi) is 8.54. The summed E-state index contributed by atoms with van der Waals surface area (Å²) in [6.07, 6.45) is 5.02. The van der Waals surface area contributed by atoms with Gasteiger partial charge < -0.3 is 16.2 Å². The lowest BCUT2D eigenvalue weighted by Crippen LogP contribution is -2.63. The number of primary amides is 1. The minimum Gasteiger partial charge on any atom is -0.391 e. The zero-order valence-corrected chi connectivity index (χ0v) is 21.8. The molecular weight excluding hydrogens is 464 g/mol. The maximum atomic E-state index is 13.7. The molecule has 2 atom stereocenters. The van der Waals surface area contributed by atoms with Crippen LogP contribution in [-0.2, 0) is 11.2 Å². The van der Waals surface area contributed by atoms with Crippen molar-refractivity contribution in [1.29, 1.82) is 0 Å². The second kappa shape index (κ2) is 11.8. The first kappa shape index (κ1) is 26.7. The number of hydrogen-bond donors (Lipinski definition) is 3. The highest BCUT2D eigenvalue weighted by molar-refractivity contribution is 5.94. The second-order valence-corrected chi connectivity index (χ2v) is 10.8. The Morgan fingerprint density at radius 3 is 2.32 bits per heavy atom. The first-order valence-electron chi connectivity index (χ1n) is 13.3. The van der Waals surface area contributed by atoms with Crippen molar-refractivity contribution in [2.24, 2.45) is 23.5 Å². The number of carbonyl (C=O) groups excluding carboxylic acids is 2. The molecule has 1 fully saturated rings. The average molecular weight is 503 g/mol. The Bertz CT molecular complexity index is 1210. The van der Waals surface area contributed by atoms with Gasteiger partial charge in [-0.3, -0.25) is 14.6 Å². The molecule has 1 aliphatic carbocycles. The number of benzene rings is 2. The van der Waals surface area contributed by atoms with Crippen LogP contribution < -0.4 is 11.1 Å². The van der Waals surface area contributed by atoms with E-state index in [0.717, 1.165) is 31.2 Å². The molecule has 1 heterocycles. The number of hydrogen-bond acceptors (Lipinski definition) is 5. The predicted octanol–water partition coefficient (Wildman–Crippen LogP) is 4.43. The van der Waals surface area contributed by atoms with E-state index in [0.29, 0.717) is 29.3 Å². The normalized spacial score (nSPS) is 20.3. The van der Waals surface area contributed by atoms with Crippen molar-refractivity contribution in [1.82, 2.24) is 15.3 Å². The van der Waals surface area contributed by atoms with Gasteiger partial charge in [0.2, 0.25) is 5.91 Å². The molecule has 37 heavy (non-hydrogen) atoms. The fourth-order valence-electron chi connectivity index (χ4n) is 5.88. The number of aliphatic hydroxyl groups is 1. The topological polar surface area (TPSA) is 118 Å². The van der Waals surface area contributed by atoms with Gasteiger partial charge in [0, 0.05) is 6.42 Å². The van der Waals surface area contributed by atoms with Gasteiger partial charge in [-0.2, -0.15) is 0 Å². The van der Waals surface area contributed by atoms with Crippen LogP contribution in [0, 0.1) is 17.8 Å². The van der Waals surface area contributed by atoms with E-state index in [9.17, 15) is 14.7 Å². The van der Waals surface area contributed by atoms with Crippen LogP contribution >= 0.6 is 0 Å². The summed E-state index contributed by atoms with van der Waals surface area (Å²) < 4.78 is 0. The van der Waals surface area contributed by atoms with Crippen molar-refractivity contribution >= 4 is 22.8 Å². The summed E-state index contributed by atoms with van der Waals surface area (Å²) in [5.41, 5.74) is 7.03. The summed E-state index contributed by atoms with van der Waals surface area (Å²) in [5, 5.41) is 15.0. The van der Waals surface area contributed by atoms with Crippen molar-refractivity contribution in [2.45, 2.75) is 70.4 Å². The van der Waals surface area contributed by atoms with Crippen LogP contribution in [0.2, 0.25) is 0 Å². The molecule has 1 aromatic heterocycles. The summed E-state index contributed by atoms with van der Waals surface area (Å²) >= 11 is 0. The molecule has 0 spiro atoms. The summed E-state index contributed by atoms with van der Waals surface area (Å²) in [7, 11) is 0. The number of amides is 2. The zero-order chi connectivity index (χ0) is 26.4. The molecule has 4 rings (SSSR count). The number of para-hydroxylation sites is 2. The number of carbonyl (C=O) groups is 2. The zero-order valence-electron chi connectivity index (χ0n) is 21.8. The van der Waals surface area contributed by atoms with Crippen LogP contribution in [0.25, 0.3) is 11.0 Å². The van der Waals surface area contributed by atoms with E-state index in [1.54, 1.807) is 0 Å². The summed E-state index contributed by atoms with van der Waals surface area (Å²) in [6.45, 7) is 4.51. The highest BCUT2D eigenvalue weighted by Crippen LogP contribution is 2.42. The SMILES string of the molecule is CC(C)C1CCC([C@](Cc2ccccc2)(NC(=O)c2cnc3ccccc3n2)[C@@H](O)CCC(N)=O)CC1. The van der Waals surface area contributed by atoms with E-state index in [1.807, 2.05) is 54.6 Å². The van der Waals surface area contributed by atoms with E-state index >= 15 is 0 Å². The Morgan fingerprint density at radius 1 is 1.03 bits per heavy atom. The lowest BCUT2D eigenvalue weighted by Gasteiger charge is -2.48. The molecule has 3 aromatic rings. The Hall–Kier alpha value is -3.32. The summed E-state index contributed by atoms with van der Waals surface area (Å²) in [5.74, 6) is 0.395. The fourth-order valence-corrected chi connectivity index (χ4v) is 5.88. The minimum atomic E-state index is -0.983.